The molecule has 0 atom stereocenters. The van der Waals surface area contributed by atoms with Crippen LogP contribution in [0.25, 0.3) is 22.5 Å². The molecule has 0 amide bonds. The maximum atomic E-state index is 8.09. The third-order valence-electron chi connectivity index (χ3n) is 5.59. The SMILES string of the molecule is N=C1CCc2cc(-c3cc(CN4CCOCC4)oc3-c3ccncc3)ccc21. The van der Waals surface area contributed by atoms with Crippen LogP contribution in [0.2, 0.25) is 0 Å². The van der Waals surface area contributed by atoms with Gasteiger partial charge < -0.3 is 14.6 Å². The molecule has 5 heteroatoms. The highest BCUT2D eigenvalue weighted by Crippen LogP contribution is 2.37. The lowest BCUT2D eigenvalue weighted by atomic mass is 9.98. The van der Waals surface area contributed by atoms with Crippen LogP contribution in [0.1, 0.15) is 23.3 Å². The Labute approximate surface area is 164 Å². The van der Waals surface area contributed by atoms with Gasteiger partial charge in [-0.05, 0) is 47.7 Å². The summed E-state index contributed by atoms with van der Waals surface area (Å²) in [7, 11) is 0. The van der Waals surface area contributed by atoms with E-state index >= 15 is 0 Å². The molecule has 5 rings (SSSR count). The second-order valence-electron chi connectivity index (χ2n) is 7.43. The van der Waals surface area contributed by atoms with Crippen molar-refractivity contribution in [1.29, 1.82) is 5.41 Å². The summed E-state index contributed by atoms with van der Waals surface area (Å²) < 4.78 is 11.8. The van der Waals surface area contributed by atoms with Gasteiger partial charge in [-0.15, -0.1) is 0 Å². The molecular formula is C23H23N3O2. The van der Waals surface area contributed by atoms with E-state index < -0.39 is 0 Å². The molecule has 0 saturated carbocycles. The standard InChI is InChI=1S/C23H23N3O2/c24-22-4-2-17-13-18(1-3-20(17)22)21-14-19(15-26-9-11-27-12-10-26)28-23(21)16-5-7-25-8-6-16/h1,3,5-8,13-14,24H,2,4,9-12,15H2. The molecule has 2 aliphatic rings. The minimum atomic E-state index is 0.746. The van der Waals surface area contributed by atoms with Gasteiger partial charge in [-0.3, -0.25) is 9.88 Å². The lowest BCUT2D eigenvalue weighted by Gasteiger charge is -2.25. The molecule has 3 heterocycles. The Hall–Kier alpha value is -2.76. The molecule has 1 fully saturated rings. The zero-order chi connectivity index (χ0) is 18.9. The number of aromatic nitrogens is 1. The van der Waals surface area contributed by atoms with E-state index in [-0.39, 0.29) is 0 Å². The molecule has 1 N–H and O–H groups in total. The van der Waals surface area contributed by atoms with Crippen LogP contribution in [-0.4, -0.2) is 41.9 Å². The zero-order valence-corrected chi connectivity index (χ0v) is 15.8. The Bertz CT molecular complexity index is 1000. The van der Waals surface area contributed by atoms with Crippen molar-refractivity contribution >= 4 is 5.71 Å². The van der Waals surface area contributed by atoms with Gasteiger partial charge in [0.1, 0.15) is 11.5 Å². The lowest BCUT2D eigenvalue weighted by molar-refractivity contribution is 0.0314. The molecule has 0 unspecified atom stereocenters. The minimum Gasteiger partial charge on any atom is -0.459 e. The molecule has 1 aromatic carbocycles. The van der Waals surface area contributed by atoms with Crippen LogP contribution < -0.4 is 0 Å². The van der Waals surface area contributed by atoms with Crippen LogP contribution in [0.15, 0.2) is 53.2 Å². The molecule has 28 heavy (non-hydrogen) atoms. The average molecular weight is 373 g/mol. The fraction of sp³-hybridized carbons (Fsp3) is 0.304. The molecule has 0 bridgehead atoms. The lowest BCUT2D eigenvalue weighted by Crippen LogP contribution is -2.35. The summed E-state index contributed by atoms with van der Waals surface area (Å²) >= 11 is 0. The molecule has 1 aliphatic carbocycles. The number of pyridine rings is 1. The highest BCUT2D eigenvalue weighted by molar-refractivity contribution is 6.03. The van der Waals surface area contributed by atoms with Crippen LogP contribution in [0.4, 0.5) is 0 Å². The summed E-state index contributed by atoms with van der Waals surface area (Å²) in [6, 6.07) is 12.6. The number of morpholine rings is 1. The largest absolute Gasteiger partial charge is 0.459 e. The summed E-state index contributed by atoms with van der Waals surface area (Å²) in [6.45, 7) is 4.21. The average Bonchev–Trinajstić information content (AvgIpc) is 3.33. The second-order valence-corrected chi connectivity index (χ2v) is 7.43. The first-order valence-electron chi connectivity index (χ1n) is 9.82. The number of ether oxygens (including phenoxy) is 1. The van der Waals surface area contributed by atoms with Crippen LogP contribution in [-0.2, 0) is 17.7 Å². The predicted octanol–water partition coefficient (Wildman–Crippen LogP) is 4.15. The topological polar surface area (TPSA) is 62.4 Å². The van der Waals surface area contributed by atoms with Gasteiger partial charge in [-0.1, -0.05) is 18.2 Å². The molecule has 1 aliphatic heterocycles. The molecule has 142 valence electrons. The monoisotopic (exact) mass is 373 g/mol. The second kappa shape index (κ2) is 7.34. The third kappa shape index (κ3) is 3.28. The van der Waals surface area contributed by atoms with Crippen molar-refractivity contribution in [1.82, 2.24) is 9.88 Å². The first kappa shape index (κ1) is 17.3. The van der Waals surface area contributed by atoms with Gasteiger partial charge in [0.05, 0.1) is 19.8 Å². The van der Waals surface area contributed by atoms with E-state index in [0.29, 0.717) is 0 Å². The van der Waals surface area contributed by atoms with Crippen molar-refractivity contribution in [2.75, 3.05) is 26.3 Å². The van der Waals surface area contributed by atoms with E-state index in [9.17, 15) is 0 Å². The normalized spacial score (nSPS) is 17.1. The highest BCUT2D eigenvalue weighted by atomic mass is 16.5. The van der Waals surface area contributed by atoms with Crippen LogP contribution in [0.5, 0.6) is 0 Å². The van der Waals surface area contributed by atoms with Crippen LogP contribution in [0, 0.1) is 5.41 Å². The van der Waals surface area contributed by atoms with Crippen LogP contribution in [0.3, 0.4) is 0 Å². The number of nitrogens with one attached hydrogen (secondary N) is 1. The van der Waals surface area contributed by atoms with E-state index in [2.05, 4.69) is 34.1 Å². The van der Waals surface area contributed by atoms with Crippen molar-refractivity contribution in [3.63, 3.8) is 0 Å². The quantitative estimate of drug-likeness (QED) is 0.746. The van der Waals surface area contributed by atoms with Crippen molar-refractivity contribution < 1.29 is 9.15 Å². The van der Waals surface area contributed by atoms with E-state index in [1.165, 1.54) is 5.56 Å². The van der Waals surface area contributed by atoms with Gasteiger partial charge >= 0.3 is 0 Å². The summed E-state index contributed by atoms with van der Waals surface area (Å²) in [5.41, 5.74) is 6.39. The van der Waals surface area contributed by atoms with Crippen molar-refractivity contribution in [3.8, 4) is 22.5 Å². The minimum absolute atomic E-state index is 0.746. The zero-order valence-electron chi connectivity index (χ0n) is 15.8. The van der Waals surface area contributed by atoms with Gasteiger partial charge in [0.25, 0.3) is 0 Å². The van der Waals surface area contributed by atoms with E-state index in [4.69, 9.17) is 14.6 Å². The number of benzene rings is 1. The Morgan fingerprint density at radius 2 is 1.75 bits per heavy atom. The molecule has 3 aromatic rings. The summed E-state index contributed by atoms with van der Waals surface area (Å²) in [5, 5.41) is 8.09. The van der Waals surface area contributed by atoms with E-state index in [0.717, 1.165) is 85.2 Å². The first-order valence-corrected chi connectivity index (χ1v) is 9.82. The molecule has 5 nitrogen and oxygen atoms in total. The fourth-order valence-electron chi connectivity index (χ4n) is 4.09. The summed E-state index contributed by atoms with van der Waals surface area (Å²) in [5.74, 6) is 1.86. The number of rotatable bonds is 4. The maximum absolute atomic E-state index is 8.09. The smallest absolute Gasteiger partial charge is 0.142 e. The first-order chi connectivity index (χ1) is 13.8. The van der Waals surface area contributed by atoms with Gasteiger partial charge in [-0.2, -0.15) is 0 Å². The Morgan fingerprint density at radius 1 is 0.929 bits per heavy atom. The molecule has 0 spiro atoms. The highest BCUT2D eigenvalue weighted by Gasteiger charge is 2.21. The van der Waals surface area contributed by atoms with Gasteiger partial charge in [0, 0.05) is 42.3 Å². The van der Waals surface area contributed by atoms with Gasteiger partial charge in [0.2, 0.25) is 0 Å². The number of hydrogen-bond acceptors (Lipinski definition) is 5. The number of fused-ring (bicyclic) bond motifs is 1. The Morgan fingerprint density at radius 3 is 2.57 bits per heavy atom. The number of aryl methyl sites for hydroxylation is 1. The number of furan rings is 1. The Kier molecular flexibility index (Phi) is 4.55. The van der Waals surface area contributed by atoms with Gasteiger partial charge in [0.15, 0.2) is 0 Å². The summed E-state index contributed by atoms with van der Waals surface area (Å²) in [6.07, 6.45) is 5.38. The van der Waals surface area contributed by atoms with E-state index in [1.807, 2.05) is 12.1 Å². The summed E-state index contributed by atoms with van der Waals surface area (Å²) in [4.78, 5) is 6.51. The fourth-order valence-corrected chi connectivity index (χ4v) is 4.09. The molecule has 2 aromatic heterocycles. The van der Waals surface area contributed by atoms with Gasteiger partial charge in [-0.25, -0.2) is 0 Å². The van der Waals surface area contributed by atoms with Crippen molar-refractivity contribution in [2.24, 2.45) is 0 Å². The molecule has 1 saturated heterocycles. The van der Waals surface area contributed by atoms with Crippen LogP contribution >= 0.6 is 0 Å². The maximum Gasteiger partial charge on any atom is 0.142 e. The van der Waals surface area contributed by atoms with Crippen molar-refractivity contribution in [3.05, 3.63) is 65.7 Å². The number of nitrogens with zero attached hydrogens (tertiary/aromatic N) is 2. The van der Waals surface area contributed by atoms with E-state index in [1.54, 1.807) is 12.4 Å². The molecule has 0 radical (unpaired) electrons. The number of hydrogen-bond donors (Lipinski definition) is 1. The predicted molar refractivity (Wildman–Crippen MR) is 109 cm³/mol. The molecular weight excluding hydrogens is 350 g/mol. The third-order valence-corrected chi connectivity index (χ3v) is 5.59. The van der Waals surface area contributed by atoms with Crippen molar-refractivity contribution in [2.45, 2.75) is 19.4 Å². The Balaban J connectivity index is 1.54.